The summed E-state index contributed by atoms with van der Waals surface area (Å²) in [5, 5.41) is 0. The molecule has 1 aromatic rings. The number of amides is 1. The number of nitrogens with zero attached hydrogens (tertiary/aromatic N) is 1. The lowest BCUT2D eigenvalue weighted by Gasteiger charge is -2.33. The zero-order chi connectivity index (χ0) is 15.2. The van der Waals surface area contributed by atoms with Crippen LogP contribution in [0, 0.1) is 0 Å². The molecule has 1 saturated heterocycles. The highest BCUT2D eigenvalue weighted by Crippen LogP contribution is 2.27. The predicted molar refractivity (Wildman–Crippen MR) is 82.6 cm³/mol. The van der Waals surface area contributed by atoms with Gasteiger partial charge in [-0.05, 0) is 31.4 Å². The molecule has 2 N–H and O–H groups in total. The third-order valence-corrected chi connectivity index (χ3v) is 3.74. The maximum Gasteiger partial charge on any atom is 0.256 e. The number of carbonyl (C=O) groups is 1. The normalized spacial score (nSPS) is 18.6. The molecule has 1 fully saturated rings. The summed E-state index contributed by atoms with van der Waals surface area (Å²) < 4.78 is 11.0. The largest absolute Gasteiger partial charge is 0.495 e. The first-order valence-electron chi connectivity index (χ1n) is 7.50. The number of benzene rings is 1. The predicted octanol–water partition coefficient (Wildman–Crippen LogP) is 2.31. The molecule has 0 saturated carbocycles. The molecular weight excluding hydrogens is 268 g/mol. The van der Waals surface area contributed by atoms with Gasteiger partial charge in [0.1, 0.15) is 5.75 Å². The van der Waals surface area contributed by atoms with Gasteiger partial charge in [-0.3, -0.25) is 4.79 Å². The molecule has 1 heterocycles. The Hall–Kier alpha value is -1.75. The van der Waals surface area contributed by atoms with Crippen LogP contribution in [-0.2, 0) is 4.74 Å². The first kappa shape index (κ1) is 15.6. The Bertz CT molecular complexity index is 490. The van der Waals surface area contributed by atoms with Gasteiger partial charge in [0.15, 0.2) is 0 Å². The van der Waals surface area contributed by atoms with Crippen molar-refractivity contribution in [3.63, 3.8) is 0 Å². The molecule has 0 radical (unpaired) electrons. The first-order chi connectivity index (χ1) is 10.2. The molecule has 2 rings (SSSR count). The van der Waals surface area contributed by atoms with Crippen LogP contribution in [0.3, 0.4) is 0 Å². The van der Waals surface area contributed by atoms with Crippen molar-refractivity contribution in [3.8, 4) is 5.75 Å². The smallest absolute Gasteiger partial charge is 0.256 e. The Morgan fingerprint density at radius 1 is 1.48 bits per heavy atom. The highest BCUT2D eigenvalue weighted by atomic mass is 16.5. The van der Waals surface area contributed by atoms with E-state index in [1.807, 2.05) is 4.90 Å². The van der Waals surface area contributed by atoms with Gasteiger partial charge in [0, 0.05) is 19.7 Å². The van der Waals surface area contributed by atoms with Crippen LogP contribution in [0.4, 0.5) is 5.69 Å². The lowest BCUT2D eigenvalue weighted by atomic mass is 10.1. The molecule has 21 heavy (non-hydrogen) atoms. The summed E-state index contributed by atoms with van der Waals surface area (Å²) in [4.78, 5) is 14.5. The average Bonchev–Trinajstić information content (AvgIpc) is 2.53. The van der Waals surface area contributed by atoms with E-state index in [1.54, 1.807) is 25.3 Å². The van der Waals surface area contributed by atoms with Crippen molar-refractivity contribution in [3.05, 3.63) is 23.8 Å². The van der Waals surface area contributed by atoms with Gasteiger partial charge < -0.3 is 20.1 Å². The number of anilines is 1. The molecule has 1 unspecified atom stereocenters. The van der Waals surface area contributed by atoms with Crippen LogP contribution < -0.4 is 10.5 Å². The molecule has 1 amide bonds. The van der Waals surface area contributed by atoms with Crippen LogP contribution in [0.1, 0.15) is 36.5 Å². The zero-order valence-electron chi connectivity index (χ0n) is 12.8. The van der Waals surface area contributed by atoms with E-state index < -0.39 is 0 Å². The molecule has 5 nitrogen and oxygen atoms in total. The molecular formula is C16H24N2O3. The highest BCUT2D eigenvalue weighted by Gasteiger charge is 2.26. The van der Waals surface area contributed by atoms with Crippen molar-refractivity contribution in [2.24, 2.45) is 0 Å². The fourth-order valence-electron chi connectivity index (χ4n) is 2.62. The van der Waals surface area contributed by atoms with E-state index in [2.05, 4.69) is 6.92 Å². The summed E-state index contributed by atoms with van der Waals surface area (Å²) in [5.74, 6) is 0.493. The minimum absolute atomic E-state index is 0.0452. The number of likely N-dealkylation sites (tertiary alicyclic amines) is 1. The fraction of sp³-hybridized carbons (Fsp3) is 0.562. The number of nitrogen functional groups attached to an aromatic ring is 1. The van der Waals surface area contributed by atoms with E-state index in [9.17, 15) is 4.79 Å². The molecule has 1 atom stereocenters. The Morgan fingerprint density at radius 3 is 3.00 bits per heavy atom. The van der Waals surface area contributed by atoms with Crippen molar-refractivity contribution >= 4 is 11.6 Å². The summed E-state index contributed by atoms with van der Waals surface area (Å²) in [6.07, 6.45) is 3.10. The van der Waals surface area contributed by atoms with E-state index >= 15 is 0 Å². The quantitative estimate of drug-likeness (QED) is 0.846. The van der Waals surface area contributed by atoms with E-state index in [1.165, 1.54) is 0 Å². The van der Waals surface area contributed by atoms with Crippen molar-refractivity contribution in [1.29, 1.82) is 0 Å². The third kappa shape index (κ3) is 3.67. The van der Waals surface area contributed by atoms with E-state index in [0.29, 0.717) is 23.5 Å². The molecule has 0 aromatic heterocycles. The molecule has 116 valence electrons. The van der Waals surface area contributed by atoms with Gasteiger partial charge in [-0.15, -0.1) is 0 Å². The van der Waals surface area contributed by atoms with Crippen LogP contribution in [0.25, 0.3) is 0 Å². The van der Waals surface area contributed by atoms with Gasteiger partial charge in [0.05, 0.1) is 24.5 Å². The maximum atomic E-state index is 12.6. The van der Waals surface area contributed by atoms with Gasteiger partial charge in [0.2, 0.25) is 0 Å². The fourth-order valence-corrected chi connectivity index (χ4v) is 2.62. The molecule has 1 aromatic carbocycles. The lowest BCUT2D eigenvalue weighted by molar-refractivity contribution is 0.00214. The van der Waals surface area contributed by atoms with Crippen LogP contribution >= 0.6 is 0 Å². The van der Waals surface area contributed by atoms with Crippen molar-refractivity contribution < 1.29 is 14.3 Å². The van der Waals surface area contributed by atoms with Gasteiger partial charge in [-0.1, -0.05) is 13.0 Å². The van der Waals surface area contributed by atoms with E-state index in [0.717, 1.165) is 32.4 Å². The number of hydrogen-bond acceptors (Lipinski definition) is 4. The summed E-state index contributed by atoms with van der Waals surface area (Å²) in [7, 11) is 1.55. The summed E-state index contributed by atoms with van der Waals surface area (Å²) in [5.41, 5.74) is 6.92. The maximum absolute atomic E-state index is 12.6. The topological polar surface area (TPSA) is 64.8 Å². The number of methoxy groups -OCH3 is 1. The summed E-state index contributed by atoms with van der Waals surface area (Å²) >= 11 is 0. The van der Waals surface area contributed by atoms with Gasteiger partial charge in [0.25, 0.3) is 5.91 Å². The van der Waals surface area contributed by atoms with Crippen molar-refractivity contribution in [1.82, 2.24) is 4.90 Å². The number of carbonyl (C=O) groups excluding carboxylic acids is 1. The van der Waals surface area contributed by atoms with E-state index in [4.69, 9.17) is 15.2 Å². The van der Waals surface area contributed by atoms with Crippen LogP contribution in [-0.4, -0.2) is 43.7 Å². The monoisotopic (exact) mass is 292 g/mol. The number of piperidine rings is 1. The molecule has 1 aliphatic heterocycles. The first-order valence-corrected chi connectivity index (χ1v) is 7.50. The van der Waals surface area contributed by atoms with Crippen molar-refractivity contribution in [2.75, 3.05) is 32.5 Å². The second-order valence-electron chi connectivity index (χ2n) is 5.31. The number of nitrogens with two attached hydrogens (primary N) is 1. The molecule has 0 aliphatic carbocycles. The SMILES string of the molecule is CCCOC1CCCN(C(=O)c2cccc(OC)c2N)C1. The van der Waals surface area contributed by atoms with Gasteiger partial charge in [-0.2, -0.15) is 0 Å². The molecule has 0 spiro atoms. The second-order valence-corrected chi connectivity index (χ2v) is 5.31. The standard InChI is InChI=1S/C16H24N2O3/c1-3-10-21-12-6-5-9-18(11-12)16(19)13-7-4-8-14(20-2)15(13)17/h4,7-8,12H,3,5-6,9-11,17H2,1-2H3. The zero-order valence-corrected chi connectivity index (χ0v) is 12.8. The van der Waals surface area contributed by atoms with Crippen LogP contribution in [0.5, 0.6) is 5.75 Å². The van der Waals surface area contributed by atoms with Crippen LogP contribution in [0.2, 0.25) is 0 Å². The molecule has 5 heteroatoms. The minimum Gasteiger partial charge on any atom is -0.495 e. The van der Waals surface area contributed by atoms with E-state index in [-0.39, 0.29) is 12.0 Å². The number of para-hydroxylation sites is 1. The Morgan fingerprint density at radius 2 is 2.29 bits per heavy atom. The Balaban J connectivity index is 2.09. The number of hydrogen-bond donors (Lipinski definition) is 1. The molecule has 0 bridgehead atoms. The second kappa shape index (κ2) is 7.31. The Kier molecular flexibility index (Phi) is 5.44. The van der Waals surface area contributed by atoms with Gasteiger partial charge >= 0.3 is 0 Å². The number of rotatable bonds is 5. The summed E-state index contributed by atoms with van der Waals surface area (Å²) in [6.45, 7) is 4.22. The summed E-state index contributed by atoms with van der Waals surface area (Å²) in [6, 6.07) is 5.30. The number of ether oxygens (including phenoxy) is 2. The Labute approximate surface area is 126 Å². The van der Waals surface area contributed by atoms with Crippen LogP contribution in [0.15, 0.2) is 18.2 Å². The van der Waals surface area contributed by atoms with Crippen molar-refractivity contribution in [2.45, 2.75) is 32.3 Å². The lowest BCUT2D eigenvalue weighted by Crippen LogP contribution is -2.43. The van der Waals surface area contributed by atoms with Gasteiger partial charge in [-0.25, -0.2) is 0 Å². The average molecular weight is 292 g/mol. The molecule has 1 aliphatic rings. The third-order valence-electron chi connectivity index (χ3n) is 3.74. The highest BCUT2D eigenvalue weighted by molar-refractivity contribution is 6.00. The minimum atomic E-state index is -0.0452.